The van der Waals surface area contributed by atoms with Crippen molar-refractivity contribution in [2.75, 3.05) is 5.32 Å². The fraction of sp³-hybridized carbons (Fsp3) is 0.167. The van der Waals surface area contributed by atoms with Gasteiger partial charge in [0.05, 0.1) is 22.9 Å². The Hall–Kier alpha value is -2.35. The van der Waals surface area contributed by atoms with Crippen LogP contribution in [-0.2, 0) is 5.54 Å². The minimum atomic E-state index is 0.116. The SMILES string of the molecule is c1ccc(C2(Nc3cnc4ccccc4c3)CC2)cc1. The van der Waals surface area contributed by atoms with Crippen molar-refractivity contribution in [2.24, 2.45) is 0 Å². The van der Waals surface area contributed by atoms with E-state index in [9.17, 15) is 0 Å². The van der Waals surface area contributed by atoms with E-state index in [0.717, 1.165) is 11.2 Å². The highest BCUT2D eigenvalue weighted by Gasteiger charge is 2.44. The number of nitrogens with one attached hydrogen (secondary N) is 1. The Morgan fingerprint density at radius 3 is 2.45 bits per heavy atom. The second kappa shape index (κ2) is 4.34. The van der Waals surface area contributed by atoms with Gasteiger partial charge in [-0.15, -0.1) is 0 Å². The van der Waals surface area contributed by atoms with Crippen molar-refractivity contribution in [3.05, 3.63) is 72.4 Å². The lowest BCUT2D eigenvalue weighted by Gasteiger charge is -2.19. The van der Waals surface area contributed by atoms with Crippen LogP contribution in [0.4, 0.5) is 5.69 Å². The molecule has 1 N–H and O–H groups in total. The molecule has 3 aromatic rings. The topological polar surface area (TPSA) is 24.9 Å². The predicted molar refractivity (Wildman–Crippen MR) is 82.7 cm³/mol. The number of benzene rings is 2. The van der Waals surface area contributed by atoms with Crippen molar-refractivity contribution in [3.63, 3.8) is 0 Å². The molecule has 0 atom stereocenters. The maximum absolute atomic E-state index is 4.52. The van der Waals surface area contributed by atoms with Crippen molar-refractivity contribution in [2.45, 2.75) is 18.4 Å². The zero-order chi connectivity index (χ0) is 13.4. The van der Waals surface area contributed by atoms with Crippen LogP contribution in [0.2, 0.25) is 0 Å². The van der Waals surface area contributed by atoms with Gasteiger partial charge in [-0.3, -0.25) is 4.98 Å². The van der Waals surface area contributed by atoms with E-state index in [0.29, 0.717) is 0 Å². The molecule has 2 nitrogen and oxygen atoms in total. The number of hydrogen-bond acceptors (Lipinski definition) is 2. The van der Waals surface area contributed by atoms with Gasteiger partial charge >= 0.3 is 0 Å². The maximum Gasteiger partial charge on any atom is 0.0703 e. The molecule has 0 saturated heterocycles. The number of hydrogen-bond donors (Lipinski definition) is 1. The standard InChI is InChI=1S/C18H16N2/c1-2-7-15(8-3-1)18(10-11-18)20-16-12-14-6-4-5-9-17(14)19-13-16/h1-9,12-13,20H,10-11H2. The van der Waals surface area contributed by atoms with E-state index in [2.05, 4.69) is 58.8 Å². The van der Waals surface area contributed by atoms with E-state index < -0.39 is 0 Å². The first-order valence-corrected chi connectivity index (χ1v) is 7.04. The zero-order valence-electron chi connectivity index (χ0n) is 11.2. The van der Waals surface area contributed by atoms with Crippen molar-refractivity contribution < 1.29 is 0 Å². The number of fused-ring (bicyclic) bond motifs is 1. The van der Waals surface area contributed by atoms with Gasteiger partial charge in [0.25, 0.3) is 0 Å². The Balaban J connectivity index is 1.68. The van der Waals surface area contributed by atoms with Gasteiger partial charge in [0.15, 0.2) is 0 Å². The van der Waals surface area contributed by atoms with E-state index in [4.69, 9.17) is 0 Å². The number of para-hydroxylation sites is 1. The summed E-state index contributed by atoms with van der Waals surface area (Å²) in [6.45, 7) is 0. The summed E-state index contributed by atoms with van der Waals surface area (Å²) in [4.78, 5) is 4.52. The minimum Gasteiger partial charge on any atom is -0.374 e. The van der Waals surface area contributed by atoms with Gasteiger partial charge in [-0.25, -0.2) is 0 Å². The highest BCUT2D eigenvalue weighted by molar-refractivity contribution is 5.81. The normalized spacial score (nSPS) is 16.0. The summed E-state index contributed by atoms with van der Waals surface area (Å²) in [5.41, 5.74) is 3.63. The summed E-state index contributed by atoms with van der Waals surface area (Å²) in [6.07, 6.45) is 4.30. The second-order valence-corrected chi connectivity index (χ2v) is 5.49. The third-order valence-corrected chi connectivity index (χ3v) is 4.05. The van der Waals surface area contributed by atoms with E-state index >= 15 is 0 Å². The van der Waals surface area contributed by atoms with Gasteiger partial charge in [0, 0.05) is 5.39 Å². The van der Waals surface area contributed by atoms with Crippen molar-refractivity contribution in [1.29, 1.82) is 0 Å². The molecule has 0 spiro atoms. The summed E-state index contributed by atoms with van der Waals surface area (Å²) in [5, 5.41) is 4.86. The van der Waals surface area contributed by atoms with Gasteiger partial charge in [0.1, 0.15) is 0 Å². The minimum absolute atomic E-state index is 0.116. The lowest BCUT2D eigenvalue weighted by atomic mass is 10.0. The monoisotopic (exact) mass is 260 g/mol. The molecule has 1 aromatic heterocycles. The first-order chi connectivity index (χ1) is 9.86. The number of anilines is 1. The maximum atomic E-state index is 4.52. The molecule has 2 heteroatoms. The van der Waals surface area contributed by atoms with Gasteiger partial charge in [-0.2, -0.15) is 0 Å². The van der Waals surface area contributed by atoms with Crippen LogP contribution in [0.5, 0.6) is 0 Å². The Bertz CT molecular complexity index is 745. The molecule has 98 valence electrons. The third kappa shape index (κ3) is 1.94. The number of rotatable bonds is 3. The van der Waals surface area contributed by atoms with E-state index in [1.165, 1.54) is 23.8 Å². The summed E-state index contributed by atoms with van der Waals surface area (Å²) in [7, 11) is 0. The van der Waals surface area contributed by atoms with Crippen LogP contribution in [0.1, 0.15) is 18.4 Å². The average molecular weight is 260 g/mol. The Morgan fingerprint density at radius 1 is 0.900 bits per heavy atom. The molecule has 1 aliphatic rings. The Morgan fingerprint density at radius 2 is 1.65 bits per heavy atom. The molecule has 4 rings (SSSR count). The fourth-order valence-electron chi connectivity index (χ4n) is 2.78. The molecule has 0 unspecified atom stereocenters. The lowest BCUT2D eigenvalue weighted by molar-refractivity contribution is 0.808. The molecule has 2 aromatic carbocycles. The summed E-state index contributed by atoms with van der Waals surface area (Å²) in [6, 6.07) is 21.1. The van der Waals surface area contributed by atoms with E-state index in [-0.39, 0.29) is 5.54 Å². The van der Waals surface area contributed by atoms with Crippen LogP contribution in [-0.4, -0.2) is 4.98 Å². The molecular formula is C18H16N2. The number of aromatic nitrogens is 1. The van der Waals surface area contributed by atoms with Gasteiger partial charge in [0.2, 0.25) is 0 Å². The molecule has 1 aliphatic carbocycles. The van der Waals surface area contributed by atoms with Crippen LogP contribution in [0, 0.1) is 0 Å². The smallest absolute Gasteiger partial charge is 0.0703 e. The largest absolute Gasteiger partial charge is 0.374 e. The van der Waals surface area contributed by atoms with Crippen LogP contribution in [0.25, 0.3) is 10.9 Å². The fourth-order valence-corrected chi connectivity index (χ4v) is 2.78. The molecule has 0 amide bonds. The molecule has 0 aliphatic heterocycles. The Kier molecular flexibility index (Phi) is 2.49. The van der Waals surface area contributed by atoms with Gasteiger partial charge in [-0.1, -0.05) is 48.5 Å². The predicted octanol–water partition coefficient (Wildman–Crippen LogP) is 4.34. The van der Waals surface area contributed by atoms with Crippen LogP contribution < -0.4 is 5.32 Å². The number of nitrogens with zero attached hydrogens (tertiary/aromatic N) is 1. The van der Waals surface area contributed by atoms with Crippen molar-refractivity contribution >= 4 is 16.6 Å². The molecule has 1 saturated carbocycles. The second-order valence-electron chi connectivity index (χ2n) is 5.49. The average Bonchev–Trinajstić information content (AvgIpc) is 3.29. The van der Waals surface area contributed by atoms with E-state index in [1.807, 2.05) is 18.3 Å². The molecule has 0 radical (unpaired) electrons. The highest BCUT2D eigenvalue weighted by atomic mass is 15.0. The number of pyridine rings is 1. The van der Waals surface area contributed by atoms with Crippen LogP contribution in [0.15, 0.2) is 66.9 Å². The van der Waals surface area contributed by atoms with Gasteiger partial charge in [-0.05, 0) is 30.5 Å². The summed E-state index contributed by atoms with van der Waals surface area (Å²) >= 11 is 0. The van der Waals surface area contributed by atoms with E-state index in [1.54, 1.807) is 0 Å². The third-order valence-electron chi connectivity index (χ3n) is 4.05. The quantitative estimate of drug-likeness (QED) is 0.758. The van der Waals surface area contributed by atoms with Crippen LogP contribution >= 0.6 is 0 Å². The summed E-state index contributed by atoms with van der Waals surface area (Å²) < 4.78 is 0. The molecular weight excluding hydrogens is 244 g/mol. The first-order valence-electron chi connectivity index (χ1n) is 7.04. The van der Waals surface area contributed by atoms with Crippen molar-refractivity contribution in [3.8, 4) is 0 Å². The lowest BCUT2D eigenvalue weighted by Crippen LogP contribution is -2.18. The Labute approximate surface area is 118 Å². The van der Waals surface area contributed by atoms with Crippen LogP contribution in [0.3, 0.4) is 0 Å². The highest BCUT2D eigenvalue weighted by Crippen LogP contribution is 2.48. The first kappa shape index (κ1) is 11.5. The zero-order valence-corrected chi connectivity index (χ0v) is 11.2. The van der Waals surface area contributed by atoms with Gasteiger partial charge < -0.3 is 5.32 Å². The molecule has 20 heavy (non-hydrogen) atoms. The molecule has 1 fully saturated rings. The van der Waals surface area contributed by atoms with Crippen molar-refractivity contribution in [1.82, 2.24) is 4.98 Å². The summed E-state index contributed by atoms with van der Waals surface area (Å²) in [5.74, 6) is 0. The molecule has 0 bridgehead atoms. The molecule has 1 heterocycles.